The van der Waals surface area contributed by atoms with E-state index in [-0.39, 0.29) is 48.7 Å². The van der Waals surface area contributed by atoms with Crippen LogP contribution in [0.15, 0.2) is 252 Å². The highest BCUT2D eigenvalue weighted by Gasteiger charge is 2.22. The molecule has 0 fully saturated rings. The van der Waals surface area contributed by atoms with Crippen LogP contribution in [0.2, 0.25) is 0 Å². The number of pyridine rings is 4. The Balaban J connectivity index is 0.000000139. The van der Waals surface area contributed by atoms with E-state index in [2.05, 4.69) is 347 Å². The molecule has 18 aromatic heterocycles. The lowest BCUT2D eigenvalue weighted by Crippen LogP contribution is -2.13. The van der Waals surface area contributed by atoms with Crippen molar-refractivity contribution >= 4 is 50.7 Å². The molecule has 0 aliphatic rings. The molecule has 117 heavy (non-hydrogen) atoms. The summed E-state index contributed by atoms with van der Waals surface area (Å²) >= 11 is 0. The number of aromatic nitrogens is 22. The molecule has 22 nitrogen and oxygen atoms in total. The molecule has 18 rings (SSSR count). The van der Waals surface area contributed by atoms with Crippen LogP contribution in [0.3, 0.4) is 0 Å². The van der Waals surface area contributed by atoms with Crippen molar-refractivity contribution in [1.82, 2.24) is 106 Å². The Bertz CT molecular complexity index is 4990. The normalized spacial score (nSPS) is 12.2. The summed E-state index contributed by atoms with van der Waals surface area (Å²) in [6, 6.07) is 39.0. The van der Waals surface area contributed by atoms with Gasteiger partial charge < -0.3 is 17.6 Å². The summed E-state index contributed by atoms with van der Waals surface area (Å²) in [5.74, 6) is 0. The van der Waals surface area contributed by atoms with Crippen molar-refractivity contribution in [2.75, 3.05) is 0 Å². The second-order valence-electron chi connectivity index (χ2n) is 38.7. The van der Waals surface area contributed by atoms with E-state index in [4.69, 9.17) is 0 Å². The minimum absolute atomic E-state index is 0.103. The summed E-state index contributed by atoms with van der Waals surface area (Å²) in [5, 5.41) is 20.7. The average Bonchev–Trinajstić information content (AvgIpc) is 1.83. The first-order valence-electron chi connectivity index (χ1n) is 40.0. The number of nitrogens with zero attached hydrogens (tertiary/aromatic N) is 22. The van der Waals surface area contributed by atoms with Crippen LogP contribution in [0.25, 0.3) is 50.7 Å². The Kier molecular flexibility index (Phi) is 26.3. The first kappa shape index (κ1) is 87.3. The molecule has 22 heteroatoms. The van der Waals surface area contributed by atoms with Gasteiger partial charge in [0.05, 0.1) is 24.1 Å². The summed E-state index contributed by atoms with van der Waals surface area (Å²) in [7, 11) is 0. The molecule has 0 saturated carbocycles. The SMILES string of the molecule is CC(C)(C)c1ccc2nccn2c1.CC(C)(C)c1ccc2ncnn2c1.CC(C)(C)c1ccn2cccc2n1.CC(C)(C)c1ccn2ccnc2c1.CC(C)(C)c1ccn2nccc2n1.CC(C)(C)c1ccn2ncnc2c1.CC(C)(C)c1cnc2cccn2c1.CC(C)(C)c1cnc2ccnn2c1.CC(C)(C)c1cnn2cccc2c1. The Morgan fingerprint density at radius 2 is 0.624 bits per heavy atom. The van der Waals surface area contributed by atoms with Crippen LogP contribution in [0.5, 0.6) is 0 Å². The number of fused-ring (bicyclic) bond motifs is 9. The van der Waals surface area contributed by atoms with Crippen molar-refractivity contribution in [2.24, 2.45) is 0 Å². The van der Waals surface area contributed by atoms with E-state index in [9.17, 15) is 0 Å². The first-order valence-corrected chi connectivity index (χ1v) is 40.0. The van der Waals surface area contributed by atoms with Gasteiger partial charge in [0, 0.05) is 140 Å². The lowest BCUT2D eigenvalue weighted by atomic mass is 9.88. The maximum absolute atomic E-state index is 4.57. The van der Waals surface area contributed by atoms with Crippen LogP contribution in [0, 0.1) is 0 Å². The van der Waals surface area contributed by atoms with Gasteiger partial charge in [0.15, 0.2) is 22.6 Å². The van der Waals surface area contributed by atoms with E-state index in [0.29, 0.717) is 0 Å². The highest BCUT2D eigenvalue weighted by Crippen LogP contribution is 2.29. The Morgan fingerprint density at radius 1 is 0.214 bits per heavy atom. The van der Waals surface area contributed by atoms with E-state index in [1.165, 1.54) is 38.9 Å². The van der Waals surface area contributed by atoms with Gasteiger partial charge in [0.1, 0.15) is 35.2 Å². The summed E-state index contributed by atoms with van der Waals surface area (Å²) in [6.07, 6.45) is 42.4. The highest BCUT2D eigenvalue weighted by molar-refractivity contribution is 5.50. The standard InChI is InChI=1S/5C11H14N2.4C10H13N3/c1-11(2,3)9-4-6-13-7-5-12-10(13)8-9;1-11(2,3)9-4-5-10-12-6-7-13(10)8-9;1-11(2,3)9-6-8-13-7-4-5-10(13)12-9;1-11(2,3)9-7-12-10-5-4-6-13(10)8-9;1-11(2,3)9-7-10-5-4-6-13(10)12-8-9;1-10(2,3)8-5-7-13-9(12-8)4-6-11-13;1-10(2,3)8-6-11-9-4-5-12-13(9)7-8;1-10(2,3)8-4-5-13-9(6-8)11-7-12-13;1-10(2,3)8-4-5-9-11-7-12-13(9)6-8/h5*4-8H,1-3H3;4*4-7H,1-3H3. The van der Waals surface area contributed by atoms with Gasteiger partial charge in [-0.1, -0.05) is 199 Å². The molecule has 0 saturated heterocycles. The van der Waals surface area contributed by atoms with Crippen molar-refractivity contribution in [3.05, 3.63) is 302 Å². The van der Waals surface area contributed by atoms with Gasteiger partial charge in [-0.25, -0.2) is 62.4 Å². The van der Waals surface area contributed by atoms with Gasteiger partial charge in [-0.05, 0) is 168 Å². The molecular weight excluding hydrogens is 1450 g/mol. The van der Waals surface area contributed by atoms with Crippen LogP contribution in [0.1, 0.15) is 237 Å². The molecule has 0 amide bonds. The second-order valence-corrected chi connectivity index (χ2v) is 38.7. The van der Waals surface area contributed by atoms with E-state index < -0.39 is 0 Å². The number of hydrogen-bond donors (Lipinski definition) is 0. The maximum atomic E-state index is 4.57. The van der Waals surface area contributed by atoms with Crippen LogP contribution in [-0.2, 0) is 48.7 Å². The van der Waals surface area contributed by atoms with Crippen molar-refractivity contribution < 1.29 is 0 Å². The fourth-order valence-corrected chi connectivity index (χ4v) is 11.7. The van der Waals surface area contributed by atoms with E-state index in [1.807, 2.05) is 155 Å². The quantitative estimate of drug-likeness (QED) is 0.139. The molecule has 0 aromatic carbocycles. The van der Waals surface area contributed by atoms with E-state index >= 15 is 0 Å². The fourth-order valence-electron chi connectivity index (χ4n) is 11.7. The number of rotatable bonds is 0. The van der Waals surface area contributed by atoms with E-state index in [1.54, 1.807) is 43.1 Å². The molecular formula is C95H122N22. The molecule has 0 spiro atoms. The Labute approximate surface area is 690 Å². The van der Waals surface area contributed by atoms with Crippen LogP contribution in [0.4, 0.5) is 0 Å². The second kappa shape index (κ2) is 35.2. The zero-order chi connectivity index (χ0) is 85.3. The molecule has 612 valence electrons. The van der Waals surface area contributed by atoms with Crippen molar-refractivity contribution in [3.8, 4) is 0 Å². The van der Waals surface area contributed by atoms with Crippen LogP contribution >= 0.6 is 0 Å². The lowest BCUT2D eigenvalue weighted by Gasteiger charge is -2.18. The largest absolute Gasteiger partial charge is 0.309 e. The third-order valence-corrected chi connectivity index (χ3v) is 19.6. The summed E-state index contributed by atoms with van der Waals surface area (Å²) in [6.45, 7) is 59.1. The number of imidazole rings is 2. The topological polar surface area (TPSA) is 207 Å². The summed E-state index contributed by atoms with van der Waals surface area (Å²) in [5.41, 5.74) is 21.5. The van der Waals surface area contributed by atoms with Gasteiger partial charge >= 0.3 is 0 Å². The molecule has 0 N–H and O–H groups in total. The maximum Gasteiger partial charge on any atom is 0.155 e. The van der Waals surface area contributed by atoms with Gasteiger partial charge in [0.2, 0.25) is 0 Å². The molecule has 0 unspecified atom stereocenters. The zero-order valence-corrected chi connectivity index (χ0v) is 74.0. The van der Waals surface area contributed by atoms with Gasteiger partial charge in [0.25, 0.3) is 0 Å². The minimum atomic E-state index is 0.103. The zero-order valence-electron chi connectivity index (χ0n) is 74.0. The fraction of sp³-hybridized carbons (Fsp3) is 0.379. The molecule has 18 heterocycles. The monoisotopic (exact) mass is 1570 g/mol. The summed E-state index contributed by atoms with van der Waals surface area (Å²) < 4.78 is 17.2. The molecule has 0 radical (unpaired) electrons. The van der Waals surface area contributed by atoms with Crippen LogP contribution in [-0.4, -0.2) is 106 Å². The highest BCUT2D eigenvalue weighted by atomic mass is 15.3. The first-order chi connectivity index (χ1) is 54.6. The van der Waals surface area contributed by atoms with Crippen molar-refractivity contribution in [1.29, 1.82) is 0 Å². The van der Waals surface area contributed by atoms with Crippen LogP contribution < -0.4 is 0 Å². The molecule has 0 aliphatic heterocycles. The molecule has 0 aliphatic carbocycles. The molecule has 18 aromatic rings. The minimum Gasteiger partial charge on any atom is -0.309 e. The average molecular weight is 1570 g/mol. The molecule has 0 atom stereocenters. The smallest absolute Gasteiger partial charge is 0.155 e. The predicted molar refractivity (Wildman–Crippen MR) is 476 cm³/mol. The molecule has 0 bridgehead atoms. The lowest BCUT2D eigenvalue weighted by molar-refractivity contribution is 0.568. The third kappa shape index (κ3) is 23.8. The number of hydrogen-bond acceptors (Lipinski definition) is 13. The van der Waals surface area contributed by atoms with Crippen molar-refractivity contribution in [3.63, 3.8) is 0 Å². The van der Waals surface area contributed by atoms with Gasteiger partial charge in [-0.2, -0.15) is 25.5 Å². The van der Waals surface area contributed by atoms with Gasteiger partial charge in [-0.3, -0.25) is 0 Å². The predicted octanol–water partition coefficient (Wildman–Crippen LogP) is 21.3. The Morgan fingerprint density at radius 3 is 1.25 bits per heavy atom. The summed E-state index contributed by atoms with van der Waals surface area (Å²) in [4.78, 5) is 34.5. The van der Waals surface area contributed by atoms with Gasteiger partial charge in [-0.15, -0.1) is 0 Å². The Hall–Kier alpha value is -12.1. The van der Waals surface area contributed by atoms with Crippen molar-refractivity contribution in [2.45, 2.75) is 236 Å². The van der Waals surface area contributed by atoms with E-state index in [0.717, 1.165) is 62.1 Å². The third-order valence-electron chi connectivity index (χ3n) is 19.6.